The van der Waals surface area contributed by atoms with Gasteiger partial charge in [-0.2, -0.15) is 4.98 Å². The number of hydrogen-bond acceptors (Lipinski definition) is 5. The largest absolute Gasteiger partial charge is 0.483 e. The molecule has 94 valence electrons. The van der Waals surface area contributed by atoms with Gasteiger partial charge in [-0.25, -0.2) is 0 Å². The van der Waals surface area contributed by atoms with E-state index in [1.54, 1.807) is 24.3 Å². The first-order chi connectivity index (χ1) is 8.83. The zero-order chi connectivity index (χ0) is 12.8. The third-order valence-corrected chi connectivity index (χ3v) is 2.38. The molecule has 5 heteroatoms. The first kappa shape index (κ1) is 12.3. The smallest absolute Gasteiger partial charge is 0.264 e. The minimum Gasteiger partial charge on any atom is -0.483 e. The summed E-state index contributed by atoms with van der Waals surface area (Å²) in [6.07, 6.45) is 2.51. The molecule has 5 nitrogen and oxygen atoms in total. The van der Waals surface area contributed by atoms with Crippen LogP contribution < -0.4 is 4.74 Å². The van der Waals surface area contributed by atoms with Gasteiger partial charge < -0.3 is 9.26 Å². The minimum atomic E-state index is 0.168. The Labute approximate surface area is 105 Å². The van der Waals surface area contributed by atoms with Crippen molar-refractivity contribution in [3.05, 3.63) is 41.5 Å². The van der Waals surface area contributed by atoms with Crippen LogP contribution in [0, 0.1) is 0 Å². The van der Waals surface area contributed by atoms with Gasteiger partial charge in [-0.05, 0) is 18.6 Å². The number of carbonyl (C=O) groups is 1. The van der Waals surface area contributed by atoms with Crippen LogP contribution in [0.3, 0.4) is 0 Å². The second-order valence-corrected chi connectivity index (χ2v) is 3.80. The fourth-order valence-electron chi connectivity index (χ4n) is 1.52. The van der Waals surface area contributed by atoms with E-state index in [1.807, 2.05) is 6.92 Å². The van der Waals surface area contributed by atoms with Crippen LogP contribution in [0.1, 0.15) is 35.4 Å². The molecule has 2 rings (SSSR count). The Bertz CT molecular complexity index is 522. The molecule has 0 fully saturated rings. The Morgan fingerprint density at radius 3 is 3.00 bits per heavy atom. The number of nitrogens with zero attached hydrogens (tertiary/aromatic N) is 2. The van der Waals surface area contributed by atoms with Crippen molar-refractivity contribution >= 4 is 6.29 Å². The Kier molecular flexibility index (Phi) is 4.06. The van der Waals surface area contributed by atoms with Crippen molar-refractivity contribution in [2.75, 3.05) is 0 Å². The zero-order valence-electron chi connectivity index (χ0n) is 10.1. The van der Waals surface area contributed by atoms with Crippen LogP contribution in [-0.4, -0.2) is 16.4 Å². The number of aryl methyl sites for hydroxylation is 1. The predicted molar refractivity (Wildman–Crippen MR) is 64.5 cm³/mol. The van der Waals surface area contributed by atoms with E-state index < -0.39 is 0 Å². The van der Waals surface area contributed by atoms with E-state index in [0.717, 1.165) is 19.1 Å². The molecule has 2 aromatic rings. The lowest BCUT2D eigenvalue weighted by molar-refractivity contribution is 0.111. The normalized spacial score (nSPS) is 10.3. The Balaban J connectivity index is 1.99. The molecule has 0 amide bonds. The van der Waals surface area contributed by atoms with Crippen LogP contribution in [0.15, 0.2) is 28.8 Å². The van der Waals surface area contributed by atoms with E-state index >= 15 is 0 Å². The van der Waals surface area contributed by atoms with Crippen LogP contribution in [0.4, 0.5) is 0 Å². The lowest BCUT2D eigenvalue weighted by Crippen LogP contribution is -1.98. The summed E-state index contributed by atoms with van der Waals surface area (Å²) >= 11 is 0. The summed E-state index contributed by atoms with van der Waals surface area (Å²) in [6, 6.07) is 7.01. The molecule has 0 unspecified atom stereocenters. The van der Waals surface area contributed by atoms with Crippen molar-refractivity contribution in [3.63, 3.8) is 0 Å². The van der Waals surface area contributed by atoms with Crippen LogP contribution in [-0.2, 0) is 13.0 Å². The number of aldehydes is 1. The summed E-state index contributed by atoms with van der Waals surface area (Å²) in [4.78, 5) is 15.0. The third kappa shape index (κ3) is 2.94. The van der Waals surface area contributed by atoms with Gasteiger partial charge in [-0.1, -0.05) is 24.2 Å². The van der Waals surface area contributed by atoms with Crippen LogP contribution in [0.25, 0.3) is 0 Å². The van der Waals surface area contributed by atoms with Crippen molar-refractivity contribution < 1.29 is 14.1 Å². The van der Waals surface area contributed by atoms with Crippen molar-refractivity contribution in [2.45, 2.75) is 26.4 Å². The molecule has 0 spiro atoms. The molecule has 0 aliphatic rings. The summed E-state index contributed by atoms with van der Waals surface area (Å²) < 4.78 is 10.5. The number of rotatable bonds is 6. The highest BCUT2D eigenvalue weighted by Crippen LogP contribution is 2.17. The molecule has 18 heavy (non-hydrogen) atoms. The second kappa shape index (κ2) is 5.95. The molecule has 0 atom stereocenters. The summed E-state index contributed by atoms with van der Waals surface area (Å²) in [5.74, 6) is 1.61. The molecule has 0 saturated heterocycles. The fourth-order valence-corrected chi connectivity index (χ4v) is 1.52. The molecular weight excluding hydrogens is 232 g/mol. The van der Waals surface area contributed by atoms with Gasteiger partial charge in [0.2, 0.25) is 0 Å². The molecule has 0 N–H and O–H groups in total. The molecule has 0 radical (unpaired) electrons. The Morgan fingerprint density at radius 1 is 1.39 bits per heavy atom. The van der Waals surface area contributed by atoms with E-state index in [4.69, 9.17) is 9.26 Å². The van der Waals surface area contributed by atoms with Crippen LogP contribution in [0.2, 0.25) is 0 Å². The fraction of sp³-hybridized carbons (Fsp3) is 0.308. The summed E-state index contributed by atoms with van der Waals surface area (Å²) in [5.41, 5.74) is 0.505. The van der Waals surface area contributed by atoms with Crippen molar-refractivity contribution in [3.8, 4) is 5.75 Å². The van der Waals surface area contributed by atoms with E-state index in [1.165, 1.54) is 0 Å². The number of ether oxygens (including phenoxy) is 1. The quantitative estimate of drug-likeness (QED) is 0.732. The lowest BCUT2D eigenvalue weighted by Gasteiger charge is -2.04. The summed E-state index contributed by atoms with van der Waals surface area (Å²) in [5, 5.41) is 3.83. The van der Waals surface area contributed by atoms with E-state index in [9.17, 15) is 4.79 Å². The summed E-state index contributed by atoms with van der Waals surface area (Å²) in [7, 11) is 0. The van der Waals surface area contributed by atoms with E-state index in [2.05, 4.69) is 10.1 Å². The third-order valence-electron chi connectivity index (χ3n) is 2.38. The SMILES string of the molecule is CCCc1noc(COc2ccccc2C=O)n1. The monoisotopic (exact) mass is 246 g/mol. The maximum atomic E-state index is 10.8. The first-order valence-electron chi connectivity index (χ1n) is 5.82. The van der Waals surface area contributed by atoms with Gasteiger partial charge in [0.15, 0.2) is 18.7 Å². The summed E-state index contributed by atoms with van der Waals surface area (Å²) in [6.45, 7) is 2.22. The molecule has 0 bridgehead atoms. The number of benzene rings is 1. The first-order valence-corrected chi connectivity index (χ1v) is 5.82. The second-order valence-electron chi connectivity index (χ2n) is 3.80. The van der Waals surface area contributed by atoms with Gasteiger partial charge in [0.25, 0.3) is 5.89 Å². The van der Waals surface area contributed by atoms with Crippen LogP contribution in [0.5, 0.6) is 5.75 Å². The number of aromatic nitrogens is 2. The predicted octanol–water partition coefficient (Wildman–Crippen LogP) is 2.41. The molecular formula is C13H14N2O3. The molecule has 1 heterocycles. The van der Waals surface area contributed by atoms with E-state index in [0.29, 0.717) is 23.0 Å². The lowest BCUT2D eigenvalue weighted by atomic mass is 10.2. The minimum absolute atomic E-state index is 0.168. The molecule has 0 aliphatic carbocycles. The highest BCUT2D eigenvalue weighted by molar-refractivity contribution is 5.79. The molecule has 0 aliphatic heterocycles. The number of hydrogen-bond donors (Lipinski definition) is 0. The number of para-hydroxylation sites is 1. The van der Waals surface area contributed by atoms with E-state index in [-0.39, 0.29) is 6.61 Å². The van der Waals surface area contributed by atoms with Crippen molar-refractivity contribution in [1.29, 1.82) is 0 Å². The van der Waals surface area contributed by atoms with Gasteiger partial charge in [0, 0.05) is 6.42 Å². The Morgan fingerprint density at radius 2 is 2.22 bits per heavy atom. The average molecular weight is 246 g/mol. The standard InChI is InChI=1S/C13H14N2O3/c1-2-5-12-14-13(18-15-12)9-17-11-7-4-3-6-10(11)8-16/h3-4,6-8H,2,5,9H2,1H3. The van der Waals surface area contributed by atoms with Gasteiger partial charge in [0.1, 0.15) is 5.75 Å². The van der Waals surface area contributed by atoms with Gasteiger partial charge in [0.05, 0.1) is 5.56 Å². The van der Waals surface area contributed by atoms with Crippen molar-refractivity contribution in [1.82, 2.24) is 10.1 Å². The van der Waals surface area contributed by atoms with Gasteiger partial charge >= 0.3 is 0 Å². The number of carbonyl (C=O) groups excluding carboxylic acids is 1. The maximum Gasteiger partial charge on any atom is 0.264 e. The molecule has 1 aromatic heterocycles. The van der Waals surface area contributed by atoms with Gasteiger partial charge in [-0.15, -0.1) is 0 Å². The molecule has 1 aromatic carbocycles. The van der Waals surface area contributed by atoms with Crippen molar-refractivity contribution in [2.24, 2.45) is 0 Å². The average Bonchev–Trinajstić information content (AvgIpc) is 2.85. The maximum absolute atomic E-state index is 10.8. The zero-order valence-corrected chi connectivity index (χ0v) is 10.1. The molecule has 0 saturated carbocycles. The van der Waals surface area contributed by atoms with Crippen LogP contribution >= 0.6 is 0 Å². The van der Waals surface area contributed by atoms with Gasteiger partial charge in [-0.3, -0.25) is 4.79 Å². The highest BCUT2D eigenvalue weighted by atomic mass is 16.5. The highest BCUT2D eigenvalue weighted by Gasteiger charge is 2.07. The topological polar surface area (TPSA) is 65.2 Å². The Hall–Kier alpha value is -2.17.